The van der Waals surface area contributed by atoms with Gasteiger partial charge in [-0.1, -0.05) is 27.5 Å². The van der Waals surface area contributed by atoms with Crippen molar-refractivity contribution in [2.45, 2.75) is 6.43 Å². The van der Waals surface area contributed by atoms with Crippen molar-refractivity contribution in [3.63, 3.8) is 0 Å². The molecule has 0 saturated carbocycles. The van der Waals surface area contributed by atoms with Gasteiger partial charge in [-0.05, 0) is 6.07 Å². The molecule has 0 aliphatic heterocycles. The van der Waals surface area contributed by atoms with E-state index in [2.05, 4.69) is 15.9 Å². The predicted octanol–water partition coefficient (Wildman–Crippen LogP) is 3.95. The maximum Gasteiger partial charge on any atom is 0.289 e. The van der Waals surface area contributed by atoms with Crippen LogP contribution < -0.4 is 0 Å². The molecule has 3 nitrogen and oxygen atoms in total. The maximum absolute atomic E-state index is 12.3. The number of alkyl halides is 2. The number of nitro groups is 1. The van der Waals surface area contributed by atoms with Crippen LogP contribution >= 0.6 is 27.5 Å². The van der Waals surface area contributed by atoms with Crippen LogP contribution in [0.15, 0.2) is 16.6 Å². The molecule has 0 spiro atoms. The average Bonchev–Trinajstić information content (AvgIpc) is 2.07. The zero-order chi connectivity index (χ0) is 10.9. The second-order valence-corrected chi connectivity index (χ2v) is 3.68. The van der Waals surface area contributed by atoms with E-state index in [1.54, 1.807) is 0 Å². The van der Waals surface area contributed by atoms with Gasteiger partial charge in [0.1, 0.15) is 5.02 Å². The van der Waals surface area contributed by atoms with Crippen LogP contribution in [0.5, 0.6) is 0 Å². The van der Waals surface area contributed by atoms with Crippen molar-refractivity contribution < 1.29 is 13.7 Å². The number of nitrogens with zero attached hydrogens (tertiary/aromatic N) is 1. The number of hydrogen-bond acceptors (Lipinski definition) is 2. The van der Waals surface area contributed by atoms with Gasteiger partial charge in [0.2, 0.25) is 0 Å². The highest BCUT2D eigenvalue weighted by molar-refractivity contribution is 9.10. The minimum atomic E-state index is -2.83. The maximum atomic E-state index is 12.3. The van der Waals surface area contributed by atoms with Crippen molar-refractivity contribution in [3.05, 3.63) is 37.3 Å². The van der Waals surface area contributed by atoms with E-state index >= 15 is 0 Å². The number of halogens is 4. The molecule has 1 aromatic rings. The minimum Gasteiger partial charge on any atom is -0.258 e. The van der Waals surface area contributed by atoms with E-state index in [9.17, 15) is 18.9 Å². The van der Waals surface area contributed by atoms with Gasteiger partial charge < -0.3 is 0 Å². The van der Waals surface area contributed by atoms with Gasteiger partial charge in [-0.3, -0.25) is 10.1 Å². The molecule has 0 radical (unpaired) electrons. The van der Waals surface area contributed by atoms with E-state index in [1.807, 2.05) is 0 Å². The summed E-state index contributed by atoms with van der Waals surface area (Å²) in [7, 11) is 0. The molecule has 0 unspecified atom stereocenters. The third-order valence-electron chi connectivity index (χ3n) is 1.48. The van der Waals surface area contributed by atoms with Crippen LogP contribution in [0.2, 0.25) is 5.02 Å². The van der Waals surface area contributed by atoms with Gasteiger partial charge in [-0.15, -0.1) is 0 Å². The fourth-order valence-electron chi connectivity index (χ4n) is 0.887. The molecule has 76 valence electrons. The molecule has 0 aliphatic rings. The molecular formula is C7H3BrClF2NO2. The van der Waals surface area contributed by atoms with E-state index in [0.717, 1.165) is 12.1 Å². The summed E-state index contributed by atoms with van der Waals surface area (Å²) < 4.78 is 24.8. The summed E-state index contributed by atoms with van der Waals surface area (Å²) in [6, 6.07) is 2.13. The molecule has 0 heterocycles. The lowest BCUT2D eigenvalue weighted by molar-refractivity contribution is -0.384. The summed E-state index contributed by atoms with van der Waals surface area (Å²) in [6.45, 7) is 0. The first-order valence-corrected chi connectivity index (χ1v) is 4.52. The first kappa shape index (κ1) is 11.3. The molecule has 1 aromatic carbocycles. The summed E-state index contributed by atoms with van der Waals surface area (Å²) in [5, 5.41) is 9.88. The number of nitro benzene ring substituents is 1. The summed E-state index contributed by atoms with van der Waals surface area (Å²) in [4.78, 5) is 9.60. The lowest BCUT2D eigenvalue weighted by Crippen LogP contribution is -1.94. The van der Waals surface area contributed by atoms with E-state index in [4.69, 9.17) is 11.6 Å². The van der Waals surface area contributed by atoms with E-state index in [-0.39, 0.29) is 4.47 Å². The monoisotopic (exact) mass is 285 g/mol. The molecule has 0 amide bonds. The third-order valence-corrected chi connectivity index (χ3v) is 2.35. The largest absolute Gasteiger partial charge is 0.289 e. The van der Waals surface area contributed by atoms with Gasteiger partial charge in [-0.2, -0.15) is 0 Å². The van der Waals surface area contributed by atoms with Gasteiger partial charge in [-0.25, -0.2) is 8.78 Å². The Bertz CT molecular complexity index is 386. The Morgan fingerprint density at radius 3 is 2.50 bits per heavy atom. The van der Waals surface area contributed by atoms with Gasteiger partial charge in [0.15, 0.2) is 0 Å². The lowest BCUT2D eigenvalue weighted by Gasteiger charge is -2.04. The van der Waals surface area contributed by atoms with Crippen LogP contribution in [0.3, 0.4) is 0 Å². The standard InChI is InChI=1S/C7H3BrClF2NO2/c8-3-1-4(7(10)11)6(9)5(2-3)12(13)14/h1-2,7H. The number of rotatable bonds is 2. The quantitative estimate of drug-likeness (QED) is 0.610. The smallest absolute Gasteiger partial charge is 0.258 e. The Labute approximate surface area is 91.0 Å². The van der Waals surface area contributed by atoms with Gasteiger partial charge in [0.05, 0.1) is 4.92 Å². The van der Waals surface area contributed by atoms with Gasteiger partial charge >= 0.3 is 0 Å². The molecule has 7 heteroatoms. The molecule has 1 rings (SSSR count). The Morgan fingerprint density at radius 1 is 1.50 bits per heavy atom. The number of hydrogen-bond donors (Lipinski definition) is 0. The number of benzene rings is 1. The zero-order valence-electron chi connectivity index (χ0n) is 6.51. The molecule has 0 bridgehead atoms. The van der Waals surface area contributed by atoms with Crippen LogP contribution in [0.1, 0.15) is 12.0 Å². The van der Waals surface area contributed by atoms with Crippen molar-refractivity contribution in [3.8, 4) is 0 Å². The van der Waals surface area contributed by atoms with Crippen LogP contribution in [0.4, 0.5) is 14.5 Å². The molecule has 14 heavy (non-hydrogen) atoms. The van der Waals surface area contributed by atoms with Crippen molar-refractivity contribution >= 4 is 33.2 Å². The minimum absolute atomic E-state index is 0.198. The Morgan fingerprint density at radius 2 is 2.07 bits per heavy atom. The van der Waals surface area contributed by atoms with E-state index in [1.165, 1.54) is 0 Å². The second-order valence-electron chi connectivity index (χ2n) is 2.39. The van der Waals surface area contributed by atoms with Gasteiger partial charge in [0.25, 0.3) is 12.1 Å². The van der Waals surface area contributed by atoms with Crippen molar-refractivity contribution in [1.82, 2.24) is 0 Å². The third kappa shape index (κ3) is 2.19. The van der Waals surface area contributed by atoms with Crippen LogP contribution in [-0.4, -0.2) is 4.92 Å². The van der Waals surface area contributed by atoms with Crippen LogP contribution in [0, 0.1) is 10.1 Å². The summed E-state index contributed by atoms with van der Waals surface area (Å²) in [5.41, 5.74) is -1.08. The highest BCUT2D eigenvalue weighted by Gasteiger charge is 2.22. The predicted molar refractivity (Wildman–Crippen MR) is 50.8 cm³/mol. The van der Waals surface area contributed by atoms with Crippen LogP contribution in [0.25, 0.3) is 0 Å². The first-order chi connectivity index (χ1) is 6.43. The normalized spacial score (nSPS) is 10.6. The zero-order valence-corrected chi connectivity index (χ0v) is 8.85. The van der Waals surface area contributed by atoms with Crippen molar-refractivity contribution in [2.24, 2.45) is 0 Å². The van der Waals surface area contributed by atoms with E-state index < -0.39 is 27.6 Å². The summed E-state index contributed by atoms with van der Waals surface area (Å²) >= 11 is 8.32. The van der Waals surface area contributed by atoms with E-state index in [0.29, 0.717) is 0 Å². The van der Waals surface area contributed by atoms with Crippen molar-refractivity contribution in [2.75, 3.05) is 0 Å². The first-order valence-electron chi connectivity index (χ1n) is 3.35. The summed E-state index contributed by atoms with van der Waals surface area (Å²) in [6.07, 6.45) is -2.83. The molecule has 0 N–H and O–H groups in total. The van der Waals surface area contributed by atoms with Crippen molar-refractivity contribution in [1.29, 1.82) is 0 Å². The van der Waals surface area contributed by atoms with Gasteiger partial charge in [0, 0.05) is 16.1 Å². The Balaban J connectivity index is 3.40. The summed E-state index contributed by atoms with van der Waals surface area (Å²) in [5.74, 6) is 0. The Hall–Kier alpha value is -0.750. The molecule has 0 atom stereocenters. The molecule has 0 fully saturated rings. The highest BCUT2D eigenvalue weighted by Crippen LogP contribution is 2.36. The highest BCUT2D eigenvalue weighted by atomic mass is 79.9. The average molecular weight is 286 g/mol. The SMILES string of the molecule is O=[N+]([O-])c1cc(Br)cc(C(F)F)c1Cl. The fourth-order valence-corrected chi connectivity index (χ4v) is 1.61. The van der Waals surface area contributed by atoms with Crippen LogP contribution in [-0.2, 0) is 0 Å². The fraction of sp³-hybridized carbons (Fsp3) is 0.143. The topological polar surface area (TPSA) is 43.1 Å². The molecule has 0 aliphatic carbocycles. The Kier molecular flexibility index (Phi) is 3.38. The lowest BCUT2D eigenvalue weighted by atomic mass is 10.2. The molecular weight excluding hydrogens is 283 g/mol. The molecule has 0 saturated heterocycles. The second kappa shape index (κ2) is 4.18. The molecule has 0 aromatic heterocycles.